The first-order valence-corrected chi connectivity index (χ1v) is 16.1. The van der Waals surface area contributed by atoms with Crippen molar-refractivity contribution < 1.29 is 19.4 Å². The van der Waals surface area contributed by atoms with E-state index in [0.717, 1.165) is 57.1 Å². The van der Waals surface area contributed by atoms with Gasteiger partial charge in [-0.15, -0.1) is 11.8 Å². The molecule has 0 bridgehead atoms. The molecule has 0 unspecified atom stereocenters. The molecule has 0 heterocycles. The lowest BCUT2D eigenvalue weighted by molar-refractivity contribution is -0.146. The molecule has 0 saturated carbocycles. The first kappa shape index (κ1) is 36.0. The monoisotopic (exact) mass is 581 g/mol. The molecule has 5 nitrogen and oxygen atoms in total. The summed E-state index contributed by atoms with van der Waals surface area (Å²) in [5.41, 5.74) is 0.204. The van der Waals surface area contributed by atoms with E-state index in [4.69, 9.17) is 4.74 Å². The lowest BCUT2D eigenvalue weighted by Gasteiger charge is -2.28. The summed E-state index contributed by atoms with van der Waals surface area (Å²) in [5.74, 6) is 0.224. The molecule has 0 aliphatic rings. The Morgan fingerprint density at radius 2 is 1.39 bits per heavy atom. The van der Waals surface area contributed by atoms with Gasteiger partial charge in [-0.25, -0.2) is 0 Å². The van der Waals surface area contributed by atoms with Gasteiger partial charge in [0.05, 0.1) is 12.1 Å². The van der Waals surface area contributed by atoms with E-state index in [1.54, 1.807) is 30.0 Å². The number of unbranched alkanes of at least 4 members (excludes halogenated alkanes) is 2. The van der Waals surface area contributed by atoms with E-state index in [9.17, 15) is 14.7 Å². The molecular formula is C35H51NO4S. The number of benzene rings is 1. The van der Waals surface area contributed by atoms with Crippen molar-refractivity contribution in [1.82, 2.24) is 5.32 Å². The molecule has 0 aliphatic carbocycles. The van der Waals surface area contributed by atoms with Crippen molar-refractivity contribution in [2.24, 2.45) is 0 Å². The Morgan fingerprint density at radius 3 is 1.95 bits per heavy atom. The maximum Gasteiger partial charge on any atom is 0.322 e. The molecule has 1 aromatic carbocycles. The molecule has 1 rings (SSSR count). The first-order chi connectivity index (χ1) is 20.0. The van der Waals surface area contributed by atoms with Gasteiger partial charge in [-0.05, 0) is 82.1 Å². The van der Waals surface area contributed by atoms with Crippen molar-refractivity contribution in [2.75, 3.05) is 18.9 Å². The number of nitrogens with one attached hydrogen (secondary N) is 1. The Labute approximate surface area is 252 Å². The molecule has 0 spiro atoms. The molecule has 0 aromatic heterocycles. The number of amides is 1. The van der Waals surface area contributed by atoms with Gasteiger partial charge in [0.25, 0.3) is 5.91 Å². The number of ether oxygens (including phenoxy) is 1. The van der Waals surface area contributed by atoms with Crippen LogP contribution in [0.5, 0.6) is 5.75 Å². The zero-order valence-electron chi connectivity index (χ0n) is 25.4. The Balaban J connectivity index is 2.19. The highest BCUT2D eigenvalue weighted by atomic mass is 32.2. The molecular weight excluding hydrogens is 530 g/mol. The van der Waals surface area contributed by atoms with Crippen molar-refractivity contribution in [1.29, 1.82) is 0 Å². The number of hydrogen-bond acceptors (Lipinski definition) is 5. The summed E-state index contributed by atoms with van der Waals surface area (Å²) in [7, 11) is 0. The van der Waals surface area contributed by atoms with E-state index < -0.39 is 10.7 Å². The average molecular weight is 582 g/mol. The van der Waals surface area contributed by atoms with Gasteiger partial charge in [0.2, 0.25) is 0 Å². The van der Waals surface area contributed by atoms with Gasteiger partial charge in [0.15, 0.2) is 0 Å². The number of phenols is 1. The Kier molecular flexibility index (Phi) is 20.8. The second kappa shape index (κ2) is 23.7. The number of rotatable bonds is 22. The lowest BCUT2D eigenvalue weighted by Crippen LogP contribution is -2.38. The number of carbonyl (C=O) groups is 2. The molecule has 41 heavy (non-hydrogen) atoms. The van der Waals surface area contributed by atoms with Crippen LogP contribution in [0.2, 0.25) is 0 Å². The number of allylic oxidation sites excluding steroid dienone is 10. The minimum atomic E-state index is -0.556. The van der Waals surface area contributed by atoms with E-state index in [-0.39, 0.29) is 30.4 Å². The number of hydrogen-bond donors (Lipinski definition) is 2. The van der Waals surface area contributed by atoms with E-state index in [2.05, 4.69) is 73.0 Å². The third-order valence-corrected chi connectivity index (χ3v) is 8.37. The van der Waals surface area contributed by atoms with Gasteiger partial charge in [0, 0.05) is 0 Å². The summed E-state index contributed by atoms with van der Waals surface area (Å²) in [6, 6.07) is 6.36. The summed E-state index contributed by atoms with van der Waals surface area (Å²) in [6.45, 7) is 6.49. The number of thioether (sulfide) groups is 1. The second-order valence-electron chi connectivity index (χ2n) is 9.66. The average Bonchev–Trinajstić information content (AvgIpc) is 2.98. The van der Waals surface area contributed by atoms with Crippen LogP contribution >= 0.6 is 11.8 Å². The quantitative estimate of drug-likeness (QED) is 0.0812. The van der Waals surface area contributed by atoms with Crippen LogP contribution in [-0.2, 0) is 9.53 Å². The van der Waals surface area contributed by atoms with Crippen LogP contribution in [0.15, 0.2) is 85.0 Å². The van der Waals surface area contributed by atoms with Crippen LogP contribution in [0.1, 0.15) is 95.3 Å². The van der Waals surface area contributed by atoms with Crippen molar-refractivity contribution in [3.05, 3.63) is 90.6 Å². The molecule has 0 atom stereocenters. The fraction of sp³-hybridized carbons (Fsp3) is 0.486. The minimum Gasteiger partial charge on any atom is -0.507 e. The van der Waals surface area contributed by atoms with E-state index >= 15 is 0 Å². The Hall–Kier alpha value is -2.99. The van der Waals surface area contributed by atoms with Crippen LogP contribution in [0.25, 0.3) is 0 Å². The number of aromatic hydroxyl groups is 1. The second-order valence-corrected chi connectivity index (χ2v) is 11.1. The predicted octanol–water partition coefficient (Wildman–Crippen LogP) is 8.88. The lowest BCUT2D eigenvalue weighted by atomic mass is 10.0. The van der Waals surface area contributed by atoms with Crippen LogP contribution < -0.4 is 5.32 Å². The Bertz CT molecular complexity index is 1010. The van der Waals surface area contributed by atoms with Crippen molar-refractivity contribution in [3.63, 3.8) is 0 Å². The Morgan fingerprint density at radius 1 is 0.829 bits per heavy atom. The molecule has 2 N–H and O–H groups in total. The smallest absolute Gasteiger partial charge is 0.322 e. The summed E-state index contributed by atoms with van der Waals surface area (Å²) < 4.78 is 4.98. The van der Waals surface area contributed by atoms with E-state index in [1.165, 1.54) is 6.07 Å². The largest absolute Gasteiger partial charge is 0.507 e. The zero-order chi connectivity index (χ0) is 30.0. The highest BCUT2D eigenvalue weighted by Crippen LogP contribution is 2.34. The summed E-state index contributed by atoms with van der Waals surface area (Å²) >= 11 is 1.68. The summed E-state index contributed by atoms with van der Waals surface area (Å²) in [6.07, 6.45) is 31.7. The van der Waals surface area contributed by atoms with Crippen molar-refractivity contribution in [2.45, 2.75) is 89.7 Å². The van der Waals surface area contributed by atoms with E-state index in [1.807, 2.05) is 13.8 Å². The first-order valence-electron chi connectivity index (χ1n) is 15.1. The number of carbonyl (C=O) groups excluding carboxylic acids is 2. The fourth-order valence-electron chi connectivity index (χ4n) is 4.00. The van der Waals surface area contributed by atoms with Crippen LogP contribution in [0.4, 0.5) is 0 Å². The fourth-order valence-corrected chi connectivity index (χ4v) is 5.33. The standard InChI is InChI=1S/C35H51NO4S/c1-4-7-8-9-10-11-12-13-14-15-16-17-18-19-20-21-22-25-30-41-35(5-2,6-3)34(39)40-29-28-36-33(38)31-26-23-24-27-32(31)37/h7-8,10-11,13-14,16-17,19-20,23-24,26-27,37H,4-6,9,12,15,18,21-22,25,28-30H2,1-3H3,(H,36,38). The van der Waals surface area contributed by atoms with E-state index in [0.29, 0.717) is 12.8 Å². The van der Waals surface area contributed by atoms with Crippen molar-refractivity contribution in [3.8, 4) is 5.75 Å². The third kappa shape index (κ3) is 16.1. The molecule has 0 aliphatic heterocycles. The topological polar surface area (TPSA) is 75.6 Å². The maximum absolute atomic E-state index is 12.9. The molecule has 1 aromatic rings. The van der Waals surface area contributed by atoms with Crippen LogP contribution in [0.3, 0.4) is 0 Å². The van der Waals surface area contributed by atoms with Gasteiger partial charge in [-0.3, -0.25) is 9.59 Å². The van der Waals surface area contributed by atoms with Crippen LogP contribution in [-0.4, -0.2) is 40.6 Å². The van der Waals surface area contributed by atoms with Gasteiger partial charge in [0.1, 0.15) is 17.1 Å². The third-order valence-electron chi connectivity index (χ3n) is 6.58. The number of esters is 1. The zero-order valence-corrected chi connectivity index (χ0v) is 26.2. The molecule has 1 amide bonds. The summed E-state index contributed by atoms with van der Waals surface area (Å²) in [5, 5.41) is 12.5. The van der Waals surface area contributed by atoms with Gasteiger partial charge >= 0.3 is 5.97 Å². The SMILES string of the molecule is CCC=CCC=CCC=CCC=CCC=CCCCCSC(CC)(CC)C(=O)OCCNC(=O)c1ccccc1O. The van der Waals surface area contributed by atoms with Gasteiger partial charge < -0.3 is 15.2 Å². The van der Waals surface area contributed by atoms with Crippen LogP contribution in [0, 0.1) is 0 Å². The number of phenolic OH excluding ortho intramolecular Hbond substituents is 1. The van der Waals surface area contributed by atoms with Gasteiger partial charge in [-0.2, -0.15) is 0 Å². The molecule has 0 saturated heterocycles. The molecule has 226 valence electrons. The molecule has 0 radical (unpaired) electrons. The predicted molar refractivity (Wildman–Crippen MR) is 175 cm³/mol. The highest BCUT2D eigenvalue weighted by molar-refractivity contribution is 8.01. The minimum absolute atomic E-state index is 0.0734. The number of para-hydroxylation sites is 1. The van der Waals surface area contributed by atoms with Crippen molar-refractivity contribution >= 4 is 23.6 Å². The maximum atomic E-state index is 12.9. The van der Waals surface area contributed by atoms with Gasteiger partial charge in [-0.1, -0.05) is 93.7 Å². The summed E-state index contributed by atoms with van der Waals surface area (Å²) in [4.78, 5) is 25.1. The highest BCUT2D eigenvalue weighted by Gasteiger charge is 2.36. The normalized spacial score (nSPS) is 12.5. The molecule has 0 fully saturated rings. The molecule has 6 heteroatoms.